The predicted molar refractivity (Wildman–Crippen MR) is 90.8 cm³/mol. The maximum absolute atomic E-state index is 13.2. The first kappa shape index (κ1) is 16.3. The topological polar surface area (TPSA) is 47.4 Å². The maximum Gasteiger partial charge on any atom is 0.228 e. The Bertz CT molecular complexity index is 737. The number of hydrogen-bond acceptors (Lipinski definition) is 3. The Morgan fingerprint density at radius 3 is 2.64 bits per heavy atom. The van der Waals surface area contributed by atoms with Gasteiger partial charge in [0.05, 0.1) is 17.3 Å². The van der Waals surface area contributed by atoms with Crippen LogP contribution in [0.2, 0.25) is 0 Å². The number of likely N-dealkylation sites (tertiary alicyclic amines) is 1. The number of nitrogens with zero attached hydrogens (tertiary/aromatic N) is 3. The van der Waals surface area contributed by atoms with Crippen LogP contribution in [0.4, 0.5) is 4.39 Å². The summed E-state index contributed by atoms with van der Waals surface area (Å²) in [7, 11) is 0. The third kappa shape index (κ3) is 3.18. The first-order valence-corrected chi connectivity index (χ1v) is 8.94. The van der Waals surface area contributed by atoms with Crippen molar-refractivity contribution in [2.24, 2.45) is 5.92 Å². The zero-order valence-corrected chi connectivity index (χ0v) is 14.1. The number of aromatic nitrogens is 2. The van der Waals surface area contributed by atoms with Gasteiger partial charge in [0.2, 0.25) is 5.91 Å². The van der Waals surface area contributed by atoms with Gasteiger partial charge in [0.25, 0.3) is 0 Å². The number of rotatable bonds is 3. The zero-order valence-electron chi connectivity index (χ0n) is 14.1. The van der Waals surface area contributed by atoms with Gasteiger partial charge in [0.1, 0.15) is 11.9 Å². The molecule has 0 N–H and O–H groups in total. The number of halogens is 1. The molecule has 0 unspecified atom stereocenters. The van der Waals surface area contributed by atoms with Crippen LogP contribution in [0.1, 0.15) is 37.5 Å². The lowest BCUT2D eigenvalue weighted by Gasteiger charge is -2.30. The van der Waals surface area contributed by atoms with E-state index in [2.05, 4.69) is 5.10 Å². The van der Waals surface area contributed by atoms with E-state index in [9.17, 15) is 9.18 Å². The Balaban J connectivity index is 1.59. The second-order valence-corrected chi connectivity index (χ2v) is 6.72. The molecule has 4 rings (SSSR count). The first-order chi connectivity index (χ1) is 12.2. The number of piperidine rings is 1. The lowest BCUT2D eigenvalue weighted by molar-refractivity contribution is -0.138. The molecular weight excluding hydrogens is 321 g/mol. The van der Waals surface area contributed by atoms with Gasteiger partial charge in [0.15, 0.2) is 0 Å². The van der Waals surface area contributed by atoms with Crippen molar-refractivity contribution < 1.29 is 13.9 Å². The van der Waals surface area contributed by atoms with E-state index >= 15 is 0 Å². The van der Waals surface area contributed by atoms with E-state index in [0.29, 0.717) is 6.61 Å². The van der Waals surface area contributed by atoms with Crippen LogP contribution in [0.25, 0.3) is 5.69 Å². The van der Waals surface area contributed by atoms with Gasteiger partial charge in [-0.15, -0.1) is 0 Å². The van der Waals surface area contributed by atoms with Gasteiger partial charge in [-0.1, -0.05) is 0 Å². The summed E-state index contributed by atoms with van der Waals surface area (Å²) in [6.45, 7) is 2.27. The van der Waals surface area contributed by atoms with Crippen molar-refractivity contribution in [3.8, 4) is 5.69 Å². The van der Waals surface area contributed by atoms with E-state index in [0.717, 1.165) is 43.7 Å². The molecule has 2 fully saturated rings. The fourth-order valence-corrected chi connectivity index (χ4v) is 3.81. The molecule has 2 atom stereocenters. The van der Waals surface area contributed by atoms with Crippen molar-refractivity contribution in [3.63, 3.8) is 0 Å². The van der Waals surface area contributed by atoms with E-state index in [1.165, 1.54) is 18.6 Å². The minimum atomic E-state index is -0.304. The molecule has 1 amide bonds. The Hall–Kier alpha value is -2.21. The highest BCUT2D eigenvalue weighted by Gasteiger charge is 2.39. The molecule has 6 heteroatoms. The van der Waals surface area contributed by atoms with Gasteiger partial charge in [0, 0.05) is 25.9 Å². The fraction of sp³-hybridized carbons (Fsp3) is 0.474. The number of hydrogen-bond donors (Lipinski definition) is 0. The molecular formula is C19H22FN3O2. The van der Waals surface area contributed by atoms with Crippen LogP contribution >= 0.6 is 0 Å². The van der Waals surface area contributed by atoms with Gasteiger partial charge < -0.3 is 9.64 Å². The number of ether oxygens (including phenoxy) is 1. The van der Waals surface area contributed by atoms with Crippen LogP contribution < -0.4 is 0 Å². The molecule has 0 bridgehead atoms. The van der Waals surface area contributed by atoms with Gasteiger partial charge in [-0.05, 0) is 56.0 Å². The van der Waals surface area contributed by atoms with Crippen molar-refractivity contribution in [1.29, 1.82) is 0 Å². The molecule has 0 saturated carbocycles. The highest BCUT2D eigenvalue weighted by atomic mass is 19.1. The van der Waals surface area contributed by atoms with E-state index in [-0.39, 0.29) is 23.7 Å². The quantitative estimate of drug-likeness (QED) is 0.860. The van der Waals surface area contributed by atoms with Crippen LogP contribution in [0.15, 0.2) is 36.5 Å². The van der Waals surface area contributed by atoms with E-state index in [1.54, 1.807) is 23.0 Å². The second kappa shape index (κ2) is 6.96. The van der Waals surface area contributed by atoms with Crippen LogP contribution in [0.5, 0.6) is 0 Å². The Morgan fingerprint density at radius 1 is 1.12 bits per heavy atom. The summed E-state index contributed by atoms with van der Waals surface area (Å²) >= 11 is 0. The zero-order chi connectivity index (χ0) is 17.2. The molecule has 2 aromatic rings. The largest absolute Gasteiger partial charge is 0.371 e. The SMILES string of the molecule is O=C([C@H]1CCO[C@@H]1c1ccnn1-c1ccc(F)cc1)N1CCCCC1. The van der Waals surface area contributed by atoms with Gasteiger partial charge in [-0.2, -0.15) is 5.10 Å². The summed E-state index contributed by atoms with van der Waals surface area (Å²) in [6, 6.07) is 8.07. The van der Waals surface area contributed by atoms with Crippen molar-refractivity contribution in [2.75, 3.05) is 19.7 Å². The Morgan fingerprint density at radius 2 is 1.88 bits per heavy atom. The average Bonchev–Trinajstić information content (AvgIpc) is 3.31. The van der Waals surface area contributed by atoms with Crippen molar-refractivity contribution in [3.05, 3.63) is 48.0 Å². The summed E-state index contributed by atoms with van der Waals surface area (Å²) in [5.41, 5.74) is 1.61. The highest BCUT2D eigenvalue weighted by molar-refractivity contribution is 5.80. The minimum absolute atomic E-state index is 0.172. The molecule has 0 spiro atoms. The molecule has 1 aromatic carbocycles. The van der Waals surface area contributed by atoms with Crippen molar-refractivity contribution in [2.45, 2.75) is 31.8 Å². The maximum atomic E-state index is 13.2. The summed E-state index contributed by atoms with van der Waals surface area (Å²) < 4.78 is 20.9. The van der Waals surface area contributed by atoms with Gasteiger partial charge in [-0.3, -0.25) is 4.79 Å². The molecule has 2 aliphatic rings. The van der Waals surface area contributed by atoms with E-state index in [1.807, 2.05) is 11.0 Å². The third-order valence-electron chi connectivity index (χ3n) is 5.11. The molecule has 1 aromatic heterocycles. The van der Waals surface area contributed by atoms with Crippen LogP contribution in [-0.2, 0) is 9.53 Å². The molecule has 132 valence electrons. The molecule has 0 radical (unpaired) electrons. The smallest absolute Gasteiger partial charge is 0.228 e. The predicted octanol–water partition coefficient (Wildman–Crippen LogP) is 3.10. The Labute approximate surface area is 146 Å². The lowest BCUT2D eigenvalue weighted by atomic mass is 9.96. The average molecular weight is 343 g/mol. The van der Waals surface area contributed by atoms with E-state index in [4.69, 9.17) is 4.74 Å². The number of amides is 1. The van der Waals surface area contributed by atoms with Crippen molar-refractivity contribution in [1.82, 2.24) is 14.7 Å². The molecule has 3 heterocycles. The summed E-state index contributed by atoms with van der Waals surface area (Å²) in [5.74, 6) is -0.268. The Kier molecular flexibility index (Phi) is 4.53. The first-order valence-electron chi connectivity index (χ1n) is 8.94. The molecule has 0 aliphatic carbocycles. The normalized spacial score (nSPS) is 23.8. The monoisotopic (exact) mass is 343 g/mol. The minimum Gasteiger partial charge on any atom is -0.371 e. The van der Waals surface area contributed by atoms with Crippen LogP contribution in [0, 0.1) is 11.7 Å². The van der Waals surface area contributed by atoms with Crippen LogP contribution in [0.3, 0.4) is 0 Å². The molecule has 2 aliphatic heterocycles. The summed E-state index contributed by atoms with van der Waals surface area (Å²) in [5, 5.41) is 4.36. The van der Waals surface area contributed by atoms with Crippen LogP contribution in [-0.4, -0.2) is 40.3 Å². The van der Waals surface area contributed by atoms with E-state index < -0.39 is 0 Å². The third-order valence-corrected chi connectivity index (χ3v) is 5.11. The standard InChI is InChI=1S/C19H22FN3O2/c20-14-4-6-15(7-5-14)23-17(8-10-21-23)18-16(9-13-25-18)19(24)22-11-2-1-3-12-22/h4-8,10,16,18H,1-3,9,11-13H2/t16-,18-/m0/s1. The lowest BCUT2D eigenvalue weighted by Crippen LogP contribution is -2.40. The van der Waals surface area contributed by atoms with Crippen molar-refractivity contribution >= 4 is 5.91 Å². The second-order valence-electron chi connectivity index (χ2n) is 6.72. The molecule has 25 heavy (non-hydrogen) atoms. The summed E-state index contributed by atoms with van der Waals surface area (Å²) in [6.07, 6.45) is 5.49. The fourth-order valence-electron chi connectivity index (χ4n) is 3.81. The summed E-state index contributed by atoms with van der Waals surface area (Å²) in [4.78, 5) is 14.9. The van der Waals surface area contributed by atoms with Gasteiger partial charge >= 0.3 is 0 Å². The number of carbonyl (C=O) groups excluding carboxylic acids is 1. The molecule has 2 saturated heterocycles. The number of benzene rings is 1. The van der Waals surface area contributed by atoms with Gasteiger partial charge in [-0.25, -0.2) is 9.07 Å². The number of carbonyl (C=O) groups is 1. The molecule has 5 nitrogen and oxygen atoms in total. The highest BCUT2D eigenvalue weighted by Crippen LogP contribution is 2.37.